The van der Waals surface area contributed by atoms with Crippen LogP contribution in [-0.2, 0) is 4.79 Å². The van der Waals surface area contributed by atoms with Gasteiger partial charge >= 0.3 is 0 Å². The van der Waals surface area contributed by atoms with E-state index in [1.165, 1.54) is 18.2 Å². The summed E-state index contributed by atoms with van der Waals surface area (Å²) in [6.45, 7) is 7.89. The summed E-state index contributed by atoms with van der Waals surface area (Å²) in [5.41, 5.74) is 14.6. The number of unbranched alkanes of at least 4 members (excludes halogenated alkanes) is 2. The highest BCUT2D eigenvalue weighted by Crippen LogP contribution is 2.28. The van der Waals surface area contributed by atoms with E-state index >= 15 is 0 Å². The van der Waals surface area contributed by atoms with Gasteiger partial charge in [-0.05, 0) is 86.3 Å². The molecule has 6 N–H and O–H groups in total. The zero-order valence-corrected chi connectivity index (χ0v) is 19.7. The first-order valence-electron chi connectivity index (χ1n) is 11.5. The summed E-state index contributed by atoms with van der Waals surface area (Å²) in [4.78, 5) is 12.7. The summed E-state index contributed by atoms with van der Waals surface area (Å²) in [5, 5.41) is 6.10. The van der Waals surface area contributed by atoms with Crippen molar-refractivity contribution in [1.29, 1.82) is 0 Å². The first-order chi connectivity index (χ1) is 16.3. The normalized spacial score (nSPS) is 12.0. The van der Waals surface area contributed by atoms with Crippen LogP contribution in [0.5, 0.6) is 0 Å². The Labute approximate surface area is 200 Å². The minimum Gasteiger partial charge on any atom is -0.402 e. The van der Waals surface area contributed by atoms with Crippen LogP contribution in [0, 0.1) is 11.6 Å². The van der Waals surface area contributed by atoms with E-state index in [1.54, 1.807) is 30.4 Å². The second kappa shape index (κ2) is 14.0. The van der Waals surface area contributed by atoms with Crippen molar-refractivity contribution in [2.45, 2.75) is 39.0 Å². The Hall–Kier alpha value is -3.45. The Morgan fingerprint density at radius 2 is 1.74 bits per heavy atom. The molecule has 0 aliphatic heterocycles. The van der Waals surface area contributed by atoms with Crippen molar-refractivity contribution >= 4 is 17.3 Å². The van der Waals surface area contributed by atoms with Crippen molar-refractivity contribution in [3.63, 3.8) is 0 Å². The van der Waals surface area contributed by atoms with Crippen LogP contribution in [0.3, 0.4) is 0 Å². The van der Waals surface area contributed by atoms with Crippen molar-refractivity contribution in [3.05, 3.63) is 84.1 Å². The SMILES string of the molecule is C=C/C(=C\C=C(/N)CCCCCNCCC)C(=O)Nc1cc(-c2cc(F)cc(F)c2)ccc1N. The summed E-state index contributed by atoms with van der Waals surface area (Å²) < 4.78 is 27.2. The number of rotatable bonds is 13. The van der Waals surface area contributed by atoms with Crippen molar-refractivity contribution in [3.8, 4) is 11.1 Å². The molecule has 2 aromatic carbocycles. The average Bonchev–Trinajstić information content (AvgIpc) is 2.79. The van der Waals surface area contributed by atoms with Crippen LogP contribution in [0.1, 0.15) is 39.0 Å². The lowest BCUT2D eigenvalue weighted by Gasteiger charge is -2.11. The van der Waals surface area contributed by atoms with Gasteiger partial charge in [-0.1, -0.05) is 32.1 Å². The van der Waals surface area contributed by atoms with Gasteiger partial charge in [0.15, 0.2) is 0 Å². The van der Waals surface area contributed by atoms with Crippen molar-refractivity contribution < 1.29 is 13.6 Å². The number of nitrogens with two attached hydrogens (primary N) is 2. The Morgan fingerprint density at radius 1 is 1.00 bits per heavy atom. The van der Waals surface area contributed by atoms with E-state index in [0.29, 0.717) is 33.8 Å². The molecular weight excluding hydrogens is 434 g/mol. The largest absolute Gasteiger partial charge is 0.402 e. The van der Waals surface area contributed by atoms with Gasteiger partial charge in [0.05, 0.1) is 11.4 Å². The molecule has 0 fully saturated rings. The third kappa shape index (κ3) is 8.83. The Morgan fingerprint density at radius 3 is 2.41 bits per heavy atom. The van der Waals surface area contributed by atoms with Gasteiger partial charge in [-0.25, -0.2) is 8.78 Å². The van der Waals surface area contributed by atoms with Crippen LogP contribution in [0.15, 0.2) is 72.5 Å². The van der Waals surface area contributed by atoms with Gasteiger partial charge in [0.1, 0.15) is 11.6 Å². The van der Waals surface area contributed by atoms with E-state index in [9.17, 15) is 13.6 Å². The van der Waals surface area contributed by atoms with Crippen LogP contribution in [0.4, 0.5) is 20.2 Å². The van der Waals surface area contributed by atoms with E-state index < -0.39 is 17.5 Å². The highest BCUT2D eigenvalue weighted by atomic mass is 19.1. The molecule has 2 rings (SSSR count). The Bertz CT molecular complexity index is 1030. The number of hydrogen-bond acceptors (Lipinski definition) is 4. The molecule has 0 radical (unpaired) electrons. The van der Waals surface area contributed by atoms with E-state index in [1.807, 2.05) is 0 Å². The zero-order valence-electron chi connectivity index (χ0n) is 19.7. The molecule has 0 bridgehead atoms. The molecule has 0 aromatic heterocycles. The fraction of sp³-hybridized carbons (Fsp3) is 0.296. The third-order valence-corrected chi connectivity index (χ3v) is 5.20. The molecule has 1 amide bonds. The van der Waals surface area contributed by atoms with Gasteiger partial charge in [-0.15, -0.1) is 0 Å². The summed E-state index contributed by atoms with van der Waals surface area (Å²) >= 11 is 0. The van der Waals surface area contributed by atoms with Crippen molar-refractivity contribution in [1.82, 2.24) is 5.32 Å². The van der Waals surface area contributed by atoms with Crippen LogP contribution in [0.25, 0.3) is 11.1 Å². The Kier molecular flexibility index (Phi) is 11.0. The fourth-order valence-electron chi connectivity index (χ4n) is 3.33. The maximum atomic E-state index is 13.6. The van der Waals surface area contributed by atoms with Crippen molar-refractivity contribution in [2.24, 2.45) is 5.73 Å². The molecule has 0 unspecified atom stereocenters. The predicted molar refractivity (Wildman–Crippen MR) is 137 cm³/mol. The monoisotopic (exact) mass is 468 g/mol. The first kappa shape index (κ1) is 26.8. The minimum atomic E-state index is -0.688. The van der Waals surface area contributed by atoms with Gasteiger partial charge in [0.2, 0.25) is 0 Å². The lowest BCUT2D eigenvalue weighted by Crippen LogP contribution is -2.15. The van der Waals surface area contributed by atoms with E-state index in [4.69, 9.17) is 11.5 Å². The number of carbonyl (C=O) groups excluding carboxylic acids is 1. The molecule has 0 spiro atoms. The van der Waals surface area contributed by atoms with Crippen LogP contribution >= 0.6 is 0 Å². The lowest BCUT2D eigenvalue weighted by molar-refractivity contribution is -0.112. The second-order valence-electron chi connectivity index (χ2n) is 8.04. The quantitative estimate of drug-likeness (QED) is 0.132. The maximum Gasteiger partial charge on any atom is 0.255 e. The fourth-order valence-corrected chi connectivity index (χ4v) is 3.33. The number of allylic oxidation sites excluding steroid dienone is 3. The van der Waals surface area contributed by atoms with E-state index in [2.05, 4.69) is 24.1 Å². The predicted octanol–water partition coefficient (Wildman–Crippen LogP) is 5.67. The summed E-state index contributed by atoms with van der Waals surface area (Å²) in [5.74, 6) is -1.80. The number of anilines is 2. The molecule has 0 aliphatic carbocycles. The van der Waals surface area contributed by atoms with Gasteiger partial charge in [0.25, 0.3) is 5.91 Å². The molecule has 0 saturated carbocycles. The van der Waals surface area contributed by atoms with E-state index in [0.717, 1.165) is 51.3 Å². The lowest BCUT2D eigenvalue weighted by atomic mass is 10.0. The van der Waals surface area contributed by atoms with Crippen LogP contribution in [-0.4, -0.2) is 19.0 Å². The van der Waals surface area contributed by atoms with Gasteiger partial charge in [-0.2, -0.15) is 0 Å². The summed E-state index contributed by atoms with van der Waals surface area (Å²) in [7, 11) is 0. The van der Waals surface area contributed by atoms with Gasteiger partial charge in [-0.3, -0.25) is 4.79 Å². The van der Waals surface area contributed by atoms with E-state index in [-0.39, 0.29) is 0 Å². The van der Waals surface area contributed by atoms with Gasteiger partial charge in [0, 0.05) is 17.3 Å². The molecule has 2 aromatic rings. The van der Waals surface area contributed by atoms with Crippen LogP contribution in [0.2, 0.25) is 0 Å². The highest BCUT2D eigenvalue weighted by Gasteiger charge is 2.11. The molecule has 5 nitrogen and oxygen atoms in total. The van der Waals surface area contributed by atoms with Crippen LogP contribution < -0.4 is 22.1 Å². The second-order valence-corrected chi connectivity index (χ2v) is 8.04. The molecular formula is C27H34F2N4O. The summed E-state index contributed by atoms with van der Waals surface area (Å²) in [6, 6.07) is 8.00. The summed E-state index contributed by atoms with van der Waals surface area (Å²) in [6.07, 6.45) is 9.79. The zero-order chi connectivity index (χ0) is 24.9. The molecule has 0 heterocycles. The average molecular weight is 469 g/mol. The number of amides is 1. The first-order valence-corrected chi connectivity index (χ1v) is 11.5. The number of hydrogen-bond donors (Lipinski definition) is 4. The number of halogens is 2. The molecule has 34 heavy (non-hydrogen) atoms. The van der Waals surface area contributed by atoms with Gasteiger partial charge < -0.3 is 22.1 Å². The highest BCUT2D eigenvalue weighted by molar-refractivity contribution is 6.07. The topological polar surface area (TPSA) is 93.2 Å². The Balaban J connectivity index is 2.01. The third-order valence-electron chi connectivity index (χ3n) is 5.20. The molecule has 0 aliphatic rings. The smallest absolute Gasteiger partial charge is 0.255 e. The number of carbonyl (C=O) groups is 1. The number of benzene rings is 2. The molecule has 7 heteroatoms. The molecule has 182 valence electrons. The number of nitrogen functional groups attached to an aromatic ring is 1. The van der Waals surface area contributed by atoms with Crippen molar-refractivity contribution in [2.75, 3.05) is 24.1 Å². The molecule has 0 atom stereocenters. The minimum absolute atomic E-state index is 0.313. The maximum absolute atomic E-state index is 13.6. The standard InChI is InChI=1S/C27H34F2N4O/c1-3-13-32-14-7-5-6-8-24(30)11-9-19(4-2)27(34)33-26-17-20(10-12-25(26)31)21-15-22(28)18-23(29)16-21/h4,9-12,15-18,32H,2-3,5-8,13-14,30-31H2,1H3,(H,33,34)/b19-9+,24-11-. The molecule has 0 saturated heterocycles. The number of nitrogens with one attached hydrogen (secondary N) is 2.